The van der Waals surface area contributed by atoms with Gasteiger partial charge in [0.2, 0.25) is 5.91 Å². The molecule has 0 saturated carbocycles. The van der Waals surface area contributed by atoms with Crippen LogP contribution in [-0.2, 0) is 25.6 Å². The Morgan fingerprint density at radius 2 is 1.71 bits per heavy atom. The summed E-state index contributed by atoms with van der Waals surface area (Å²) in [6.07, 6.45) is 3.55. The first-order valence-corrected chi connectivity index (χ1v) is 6.46. The van der Waals surface area contributed by atoms with E-state index in [1.54, 1.807) is 24.3 Å². The summed E-state index contributed by atoms with van der Waals surface area (Å²) in [4.78, 5) is 45.8. The van der Waals surface area contributed by atoms with Gasteiger partial charge in [0, 0.05) is 37.2 Å². The fourth-order valence-electron chi connectivity index (χ4n) is 1.91. The van der Waals surface area contributed by atoms with E-state index in [0.717, 1.165) is 16.7 Å². The number of rotatable bonds is 6. The molecular formula is C15H14N2O4. The molecule has 6 heteroatoms. The Bertz CT molecular complexity index is 587. The first kappa shape index (κ1) is 14.6. The SMILES string of the molecule is O=CCc1ccc(NC(=O)CCN2C(=O)C=CC2=O)cc1. The van der Waals surface area contributed by atoms with Gasteiger partial charge >= 0.3 is 0 Å². The number of benzene rings is 1. The number of amides is 3. The van der Waals surface area contributed by atoms with Gasteiger partial charge in [0.15, 0.2) is 0 Å². The van der Waals surface area contributed by atoms with Crippen molar-refractivity contribution in [2.24, 2.45) is 0 Å². The van der Waals surface area contributed by atoms with Crippen molar-refractivity contribution in [1.29, 1.82) is 0 Å². The molecule has 21 heavy (non-hydrogen) atoms. The fourth-order valence-corrected chi connectivity index (χ4v) is 1.91. The van der Waals surface area contributed by atoms with Gasteiger partial charge < -0.3 is 10.1 Å². The van der Waals surface area contributed by atoms with Gasteiger partial charge in [0.1, 0.15) is 6.29 Å². The van der Waals surface area contributed by atoms with E-state index in [1.165, 1.54) is 12.2 Å². The van der Waals surface area contributed by atoms with Crippen LogP contribution in [0.25, 0.3) is 0 Å². The molecule has 1 aromatic carbocycles. The number of nitrogens with one attached hydrogen (secondary N) is 1. The Labute approximate surface area is 121 Å². The molecule has 0 spiro atoms. The van der Waals surface area contributed by atoms with Gasteiger partial charge in [-0.1, -0.05) is 12.1 Å². The molecule has 1 aliphatic rings. The van der Waals surface area contributed by atoms with Crippen molar-refractivity contribution in [2.45, 2.75) is 12.8 Å². The number of imide groups is 1. The van der Waals surface area contributed by atoms with Crippen LogP contribution >= 0.6 is 0 Å². The van der Waals surface area contributed by atoms with E-state index in [-0.39, 0.29) is 18.9 Å². The third-order valence-electron chi connectivity index (χ3n) is 3.02. The molecule has 6 nitrogen and oxygen atoms in total. The summed E-state index contributed by atoms with van der Waals surface area (Å²) < 4.78 is 0. The molecule has 0 unspecified atom stereocenters. The van der Waals surface area contributed by atoms with Gasteiger partial charge in [-0.25, -0.2) is 0 Å². The van der Waals surface area contributed by atoms with Gasteiger partial charge in [0.25, 0.3) is 11.8 Å². The maximum atomic E-state index is 11.8. The Morgan fingerprint density at radius 3 is 2.29 bits per heavy atom. The van der Waals surface area contributed by atoms with E-state index < -0.39 is 11.8 Å². The first-order valence-electron chi connectivity index (χ1n) is 6.46. The van der Waals surface area contributed by atoms with Crippen molar-refractivity contribution in [3.8, 4) is 0 Å². The highest BCUT2D eigenvalue weighted by atomic mass is 16.2. The summed E-state index contributed by atoms with van der Waals surface area (Å²) in [5.41, 5.74) is 1.47. The lowest BCUT2D eigenvalue weighted by Crippen LogP contribution is -2.33. The molecular weight excluding hydrogens is 272 g/mol. The number of carbonyl (C=O) groups excluding carboxylic acids is 4. The quantitative estimate of drug-likeness (QED) is 0.616. The smallest absolute Gasteiger partial charge is 0.253 e. The second-order valence-electron chi connectivity index (χ2n) is 4.53. The molecule has 0 saturated heterocycles. The molecule has 1 aliphatic heterocycles. The van der Waals surface area contributed by atoms with Crippen LogP contribution in [0.5, 0.6) is 0 Å². The highest BCUT2D eigenvalue weighted by molar-refractivity contribution is 6.13. The number of aldehydes is 1. The lowest BCUT2D eigenvalue weighted by Gasteiger charge is -2.13. The van der Waals surface area contributed by atoms with Crippen LogP contribution in [0.3, 0.4) is 0 Å². The van der Waals surface area contributed by atoms with Gasteiger partial charge in [0.05, 0.1) is 0 Å². The van der Waals surface area contributed by atoms with Crippen LogP contribution < -0.4 is 5.32 Å². The lowest BCUT2D eigenvalue weighted by molar-refractivity contribution is -0.137. The van der Waals surface area contributed by atoms with Crippen molar-refractivity contribution in [1.82, 2.24) is 4.90 Å². The van der Waals surface area contributed by atoms with Crippen molar-refractivity contribution in [3.05, 3.63) is 42.0 Å². The molecule has 1 aromatic rings. The Kier molecular flexibility index (Phi) is 4.61. The number of hydrogen-bond donors (Lipinski definition) is 1. The van der Waals surface area contributed by atoms with Gasteiger partial charge in [-0.2, -0.15) is 0 Å². The normalized spacial score (nSPS) is 13.6. The minimum atomic E-state index is -0.397. The molecule has 0 bridgehead atoms. The standard InChI is InChI=1S/C15H14N2O4/c18-10-8-11-1-3-12(4-2-11)16-13(19)7-9-17-14(20)5-6-15(17)21/h1-6,10H,7-9H2,(H,16,19). The maximum Gasteiger partial charge on any atom is 0.253 e. The predicted molar refractivity (Wildman–Crippen MR) is 75.3 cm³/mol. The van der Waals surface area contributed by atoms with Gasteiger partial charge in [-0.05, 0) is 17.7 Å². The molecule has 0 aromatic heterocycles. The molecule has 1 N–H and O–H groups in total. The van der Waals surface area contributed by atoms with Crippen LogP contribution in [0.4, 0.5) is 5.69 Å². The molecule has 108 valence electrons. The zero-order valence-electron chi connectivity index (χ0n) is 11.2. The number of nitrogens with zero attached hydrogens (tertiary/aromatic N) is 1. The van der Waals surface area contributed by atoms with Crippen LogP contribution in [0.1, 0.15) is 12.0 Å². The average molecular weight is 286 g/mol. The Morgan fingerprint density at radius 1 is 1.10 bits per heavy atom. The third-order valence-corrected chi connectivity index (χ3v) is 3.02. The van der Waals surface area contributed by atoms with E-state index >= 15 is 0 Å². The minimum Gasteiger partial charge on any atom is -0.326 e. The summed E-state index contributed by atoms with van der Waals surface area (Å²) in [6, 6.07) is 6.90. The molecule has 1 heterocycles. The molecule has 0 atom stereocenters. The van der Waals surface area contributed by atoms with E-state index in [9.17, 15) is 19.2 Å². The molecule has 3 amide bonds. The summed E-state index contributed by atoms with van der Waals surface area (Å²) in [6.45, 7) is 0.0553. The zero-order chi connectivity index (χ0) is 15.2. The second kappa shape index (κ2) is 6.60. The topological polar surface area (TPSA) is 83.6 Å². The van der Waals surface area contributed by atoms with Crippen LogP contribution in [0.15, 0.2) is 36.4 Å². The Hall–Kier alpha value is -2.76. The highest BCUT2D eigenvalue weighted by Crippen LogP contribution is 2.10. The zero-order valence-corrected chi connectivity index (χ0v) is 11.2. The second-order valence-corrected chi connectivity index (χ2v) is 4.53. The third kappa shape index (κ3) is 3.85. The lowest BCUT2D eigenvalue weighted by atomic mass is 10.1. The number of hydrogen-bond acceptors (Lipinski definition) is 4. The van der Waals surface area contributed by atoms with Gasteiger partial charge in [-0.3, -0.25) is 19.3 Å². The van der Waals surface area contributed by atoms with Crippen LogP contribution in [-0.4, -0.2) is 35.5 Å². The summed E-state index contributed by atoms with van der Waals surface area (Å²) >= 11 is 0. The predicted octanol–water partition coefficient (Wildman–Crippen LogP) is 0.682. The Balaban J connectivity index is 1.83. The molecule has 0 radical (unpaired) electrons. The van der Waals surface area contributed by atoms with E-state index in [4.69, 9.17) is 0 Å². The molecule has 0 fully saturated rings. The summed E-state index contributed by atoms with van der Waals surface area (Å²) in [7, 11) is 0. The molecule has 2 rings (SSSR count). The monoisotopic (exact) mass is 286 g/mol. The fraction of sp³-hybridized carbons (Fsp3) is 0.200. The van der Waals surface area contributed by atoms with Crippen molar-refractivity contribution >= 4 is 29.7 Å². The number of anilines is 1. The van der Waals surface area contributed by atoms with E-state index in [2.05, 4.69) is 5.32 Å². The highest BCUT2D eigenvalue weighted by Gasteiger charge is 2.23. The van der Waals surface area contributed by atoms with E-state index in [1.807, 2.05) is 0 Å². The minimum absolute atomic E-state index is 0.0370. The summed E-state index contributed by atoms with van der Waals surface area (Å²) in [5.74, 6) is -1.08. The summed E-state index contributed by atoms with van der Waals surface area (Å²) in [5, 5.41) is 2.67. The van der Waals surface area contributed by atoms with Crippen molar-refractivity contribution in [3.63, 3.8) is 0 Å². The number of carbonyl (C=O) groups is 4. The van der Waals surface area contributed by atoms with Crippen LogP contribution in [0.2, 0.25) is 0 Å². The molecule has 0 aliphatic carbocycles. The van der Waals surface area contributed by atoms with E-state index in [0.29, 0.717) is 12.1 Å². The van der Waals surface area contributed by atoms with Gasteiger partial charge in [-0.15, -0.1) is 0 Å². The van der Waals surface area contributed by atoms with Crippen molar-refractivity contribution in [2.75, 3.05) is 11.9 Å². The first-order chi connectivity index (χ1) is 10.1. The average Bonchev–Trinajstić information content (AvgIpc) is 2.78. The van der Waals surface area contributed by atoms with Crippen LogP contribution in [0, 0.1) is 0 Å². The largest absolute Gasteiger partial charge is 0.326 e. The maximum absolute atomic E-state index is 11.8. The van der Waals surface area contributed by atoms with Crippen molar-refractivity contribution < 1.29 is 19.2 Å².